The largest absolute Gasteiger partial charge is 0.297 e. The maximum atomic E-state index is 12.3. The van der Waals surface area contributed by atoms with Gasteiger partial charge in [0.25, 0.3) is 10.1 Å². The molecular formula is C17H26O4S. The van der Waals surface area contributed by atoms with Gasteiger partial charge in [-0.25, -0.2) is 0 Å². The molecule has 0 aliphatic rings. The number of benzene rings is 1. The van der Waals surface area contributed by atoms with Gasteiger partial charge in [0, 0.05) is 6.42 Å². The predicted molar refractivity (Wildman–Crippen MR) is 87.5 cm³/mol. The molecule has 124 valence electrons. The molecule has 1 atom stereocenters. The highest BCUT2D eigenvalue weighted by atomic mass is 32.2. The standard InChI is InChI=1S/C17H26O4S/c1-6-7-12(2)10-16(18)11-21-22(19,20)17-14(4)8-13(3)9-15(17)5/h8-9,12H,6-7,10-11H2,1-5H3. The number of Topliss-reactive ketones (excluding diaryl/α,β-unsaturated/α-hetero) is 1. The molecule has 0 N–H and O–H groups in total. The summed E-state index contributed by atoms with van der Waals surface area (Å²) < 4.78 is 29.6. The van der Waals surface area contributed by atoms with Crippen molar-refractivity contribution in [3.8, 4) is 0 Å². The summed E-state index contributed by atoms with van der Waals surface area (Å²) in [5.41, 5.74) is 2.28. The van der Waals surface area contributed by atoms with Gasteiger partial charge in [0.1, 0.15) is 6.61 Å². The van der Waals surface area contributed by atoms with Gasteiger partial charge < -0.3 is 0 Å². The molecule has 0 radical (unpaired) electrons. The van der Waals surface area contributed by atoms with Gasteiger partial charge in [-0.1, -0.05) is 44.4 Å². The normalized spacial score (nSPS) is 13.1. The number of hydrogen-bond acceptors (Lipinski definition) is 4. The van der Waals surface area contributed by atoms with E-state index >= 15 is 0 Å². The topological polar surface area (TPSA) is 60.4 Å². The Bertz CT molecular complexity index is 609. The second-order valence-electron chi connectivity index (χ2n) is 6.08. The van der Waals surface area contributed by atoms with Crippen LogP contribution in [0.25, 0.3) is 0 Å². The van der Waals surface area contributed by atoms with E-state index in [-0.39, 0.29) is 23.2 Å². The van der Waals surface area contributed by atoms with Crippen LogP contribution in [0.1, 0.15) is 49.8 Å². The van der Waals surface area contributed by atoms with Gasteiger partial charge in [-0.15, -0.1) is 0 Å². The molecule has 4 nitrogen and oxygen atoms in total. The summed E-state index contributed by atoms with van der Waals surface area (Å²) >= 11 is 0. The molecule has 0 aromatic heterocycles. The van der Waals surface area contributed by atoms with Crippen LogP contribution < -0.4 is 0 Å². The Morgan fingerprint density at radius 2 is 1.73 bits per heavy atom. The van der Waals surface area contributed by atoms with Crippen molar-refractivity contribution in [3.63, 3.8) is 0 Å². The van der Waals surface area contributed by atoms with Crippen LogP contribution >= 0.6 is 0 Å². The maximum Gasteiger partial charge on any atom is 0.297 e. The summed E-state index contributed by atoms with van der Waals surface area (Å²) in [6.07, 6.45) is 2.32. The fourth-order valence-corrected chi connectivity index (χ4v) is 4.12. The highest BCUT2D eigenvalue weighted by molar-refractivity contribution is 7.86. The average molecular weight is 326 g/mol. The minimum atomic E-state index is -3.90. The summed E-state index contributed by atoms with van der Waals surface area (Å²) in [4.78, 5) is 12.0. The summed E-state index contributed by atoms with van der Waals surface area (Å²) in [5, 5.41) is 0. The van der Waals surface area contributed by atoms with Crippen LogP contribution in [0.5, 0.6) is 0 Å². The Hall–Kier alpha value is -1.20. The quantitative estimate of drug-likeness (QED) is 0.683. The van der Waals surface area contributed by atoms with Crippen LogP contribution in [0, 0.1) is 26.7 Å². The molecule has 0 saturated heterocycles. The first kappa shape index (κ1) is 18.8. The Labute approximate surface area is 134 Å². The van der Waals surface area contributed by atoms with Crippen molar-refractivity contribution >= 4 is 15.9 Å². The van der Waals surface area contributed by atoms with Crippen molar-refractivity contribution < 1.29 is 17.4 Å². The average Bonchev–Trinajstić information content (AvgIpc) is 2.35. The molecule has 0 heterocycles. The SMILES string of the molecule is CCCC(C)CC(=O)COS(=O)(=O)c1c(C)cc(C)cc1C. The summed E-state index contributed by atoms with van der Waals surface area (Å²) in [7, 11) is -3.90. The number of rotatable bonds is 8. The summed E-state index contributed by atoms with van der Waals surface area (Å²) in [6, 6.07) is 3.60. The molecule has 0 spiro atoms. The minimum absolute atomic E-state index is 0.174. The Balaban J connectivity index is 2.79. The van der Waals surface area contributed by atoms with E-state index in [4.69, 9.17) is 4.18 Å². The molecule has 1 aromatic rings. The highest BCUT2D eigenvalue weighted by Crippen LogP contribution is 2.23. The highest BCUT2D eigenvalue weighted by Gasteiger charge is 2.22. The van der Waals surface area contributed by atoms with Crippen molar-refractivity contribution in [2.24, 2.45) is 5.92 Å². The molecule has 1 rings (SSSR count). The number of carbonyl (C=O) groups excluding carboxylic acids is 1. The third-order valence-corrected chi connectivity index (χ3v) is 5.16. The molecule has 22 heavy (non-hydrogen) atoms. The lowest BCUT2D eigenvalue weighted by Gasteiger charge is -2.13. The molecular weight excluding hydrogens is 300 g/mol. The number of hydrogen-bond donors (Lipinski definition) is 0. The van der Waals surface area contributed by atoms with E-state index in [0.717, 1.165) is 18.4 Å². The van der Waals surface area contributed by atoms with Crippen LogP contribution in [0.15, 0.2) is 17.0 Å². The molecule has 0 aliphatic carbocycles. The van der Waals surface area contributed by atoms with Crippen molar-refractivity contribution in [2.45, 2.75) is 58.8 Å². The second-order valence-corrected chi connectivity index (χ2v) is 7.63. The number of ketones is 1. The van der Waals surface area contributed by atoms with Crippen LogP contribution in [-0.4, -0.2) is 20.8 Å². The molecule has 1 aromatic carbocycles. The van der Waals surface area contributed by atoms with Gasteiger partial charge in [-0.05, 0) is 37.8 Å². The van der Waals surface area contributed by atoms with Crippen LogP contribution in [0.3, 0.4) is 0 Å². The van der Waals surface area contributed by atoms with Gasteiger partial charge >= 0.3 is 0 Å². The van der Waals surface area contributed by atoms with Crippen molar-refractivity contribution in [1.82, 2.24) is 0 Å². The van der Waals surface area contributed by atoms with Gasteiger partial charge in [0.05, 0.1) is 4.90 Å². The third kappa shape index (κ3) is 5.21. The van der Waals surface area contributed by atoms with E-state index in [1.165, 1.54) is 0 Å². The molecule has 5 heteroatoms. The van der Waals surface area contributed by atoms with E-state index in [2.05, 4.69) is 6.92 Å². The lowest BCUT2D eigenvalue weighted by Crippen LogP contribution is -2.18. The molecule has 0 saturated carbocycles. The van der Waals surface area contributed by atoms with Gasteiger partial charge in [-0.3, -0.25) is 8.98 Å². The van der Waals surface area contributed by atoms with Crippen molar-refractivity contribution in [3.05, 3.63) is 28.8 Å². The molecule has 0 aliphatic heterocycles. The van der Waals surface area contributed by atoms with E-state index in [1.807, 2.05) is 13.8 Å². The molecule has 0 fully saturated rings. The fourth-order valence-electron chi connectivity index (χ4n) is 2.81. The molecule has 0 bridgehead atoms. The zero-order chi connectivity index (χ0) is 16.9. The zero-order valence-corrected chi connectivity index (χ0v) is 14.9. The van der Waals surface area contributed by atoms with E-state index in [0.29, 0.717) is 17.5 Å². The minimum Gasteiger partial charge on any atom is -0.297 e. The smallest absolute Gasteiger partial charge is 0.297 e. The van der Waals surface area contributed by atoms with Gasteiger partial charge in [0.15, 0.2) is 5.78 Å². The zero-order valence-electron chi connectivity index (χ0n) is 14.1. The van der Waals surface area contributed by atoms with E-state index in [1.54, 1.807) is 26.0 Å². The fraction of sp³-hybridized carbons (Fsp3) is 0.588. The van der Waals surface area contributed by atoms with Crippen LogP contribution in [0.2, 0.25) is 0 Å². The van der Waals surface area contributed by atoms with Crippen LogP contribution in [-0.2, 0) is 19.1 Å². The summed E-state index contributed by atoms with van der Waals surface area (Å²) in [6.45, 7) is 9.05. The molecule has 1 unspecified atom stereocenters. The number of carbonyl (C=O) groups is 1. The van der Waals surface area contributed by atoms with Crippen molar-refractivity contribution in [2.75, 3.05) is 6.61 Å². The first-order valence-corrected chi connectivity index (χ1v) is 9.07. The Kier molecular flexibility index (Phi) is 6.75. The van der Waals surface area contributed by atoms with Crippen molar-refractivity contribution in [1.29, 1.82) is 0 Å². The monoisotopic (exact) mass is 326 g/mol. The van der Waals surface area contributed by atoms with Crippen LogP contribution in [0.4, 0.5) is 0 Å². The Morgan fingerprint density at radius 3 is 2.23 bits per heavy atom. The Morgan fingerprint density at radius 1 is 1.18 bits per heavy atom. The summed E-state index contributed by atoms with van der Waals surface area (Å²) in [5.74, 6) is 0.0820. The maximum absolute atomic E-state index is 12.3. The van der Waals surface area contributed by atoms with Gasteiger partial charge in [0.2, 0.25) is 0 Å². The van der Waals surface area contributed by atoms with Gasteiger partial charge in [-0.2, -0.15) is 8.42 Å². The number of aryl methyl sites for hydroxylation is 3. The third-order valence-electron chi connectivity index (χ3n) is 3.59. The first-order chi connectivity index (χ1) is 10.2. The lowest BCUT2D eigenvalue weighted by molar-refractivity contribution is -0.121. The molecule has 0 amide bonds. The first-order valence-electron chi connectivity index (χ1n) is 7.66. The second kappa shape index (κ2) is 7.88. The van der Waals surface area contributed by atoms with E-state index in [9.17, 15) is 13.2 Å². The van der Waals surface area contributed by atoms with E-state index < -0.39 is 10.1 Å². The lowest BCUT2D eigenvalue weighted by atomic mass is 10.0. The predicted octanol–water partition coefficient (Wildman–Crippen LogP) is 3.71.